The molecule has 0 radical (unpaired) electrons. The number of halogens is 2. The number of carboxylic acids is 1. The molecule has 0 spiro atoms. The second-order valence-electron chi connectivity index (χ2n) is 6.18. The van der Waals surface area contributed by atoms with Crippen molar-refractivity contribution in [2.24, 2.45) is 0 Å². The molecule has 0 saturated heterocycles. The van der Waals surface area contributed by atoms with E-state index in [0.29, 0.717) is 21.8 Å². The van der Waals surface area contributed by atoms with Crippen LogP contribution in [-0.2, 0) is 4.79 Å². The van der Waals surface area contributed by atoms with E-state index in [-0.39, 0.29) is 23.1 Å². The van der Waals surface area contributed by atoms with Crippen molar-refractivity contribution in [1.29, 1.82) is 0 Å². The van der Waals surface area contributed by atoms with Crippen LogP contribution in [0.15, 0.2) is 48.5 Å². The molecule has 27 heavy (non-hydrogen) atoms. The third-order valence-corrected chi connectivity index (χ3v) is 6.15. The average Bonchev–Trinajstić information content (AvgIpc) is 3.02. The summed E-state index contributed by atoms with van der Waals surface area (Å²) in [7, 11) is 0. The number of rotatable bonds is 3. The zero-order valence-corrected chi connectivity index (χ0v) is 15.4. The first kappa shape index (κ1) is 17.7. The lowest BCUT2D eigenvalue weighted by Gasteiger charge is -2.24. The van der Waals surface area contributed by atoms with E-state index < -0.39 is 11.8 Å². The summed E-state index contributed by atoms with van der Waals surface area (Å²) in [6.07, 6.45) is 0.180. The summed E-state index contributed by atoms with van der Waals surface area (Å²) in [5.41, 5.74) is 2.17. The molecule has 1 amide bonds. The number of fused-ring (bicyclic) bond motifs is 1. The van der Waals surface area contributed by atoms with Crippen LogP contribution in [-0.4, -0.2) is 17.0 Å². The first-order valence-electron chi connectivity index (χ1n) is 8.16. The molecule has 7 heteroatoms. The number of amides is 1. The van der Waals surface area contributed by atoms with Crippen molar-refractivity contribution in [1.82, 2.24) is 0 Å². The van der Waals surface area contributed by atoms with E-state index in [1.165, 1.54) is 24.3 Å². The fraction of sp³-hybridized carbons (Fsp3) is 0.100. The maximum atomic E-state index is 13.3. The van der Waals surface area contributed by atoms with E-state index in [9.17, 15) is 19.1 Å². The largest absolute Gasteiger partial charge is 0.477 e. The normalized spacial score (nSPS) is 15.9. The highest BCUT2D eigenvalue weighted by Gasteiger charge is 2.35. The second kappa shape index (κ2) is 6.79. The lowest BCUT2D eigenvalue weighted by atomic mass is 9.88. The summed E-state index contributed by atoms with van der Waals surface area (Å²) >= 11 is 7.45. The number of carbonyl (C=O) groups is 2. The third-order valence-electron chi connectivity index (χ3n) is 4.51. The van der Waals surface area contributed by atoms with Gasteiger partial charge in [0.1, 0.15) is 10.7 Å². The summed E-state index contributed by atoms with van der Waals surface area (Å²) in [5.74, 6) is -2.07. The number of aromatic carboxylic acids is 1. The van der Waals surface area contributed by atoms with Crippen LogP contribution in [0.3, 0.4) is 0 Å². The van der Waals surface area contributed by atoms with Crippen LogP contribution in [0.2, 0.25) is 5.02 Å². The van der Waals surface area contributed by atoms with Crippen LogP contribution < -0.4 is 5.32 Å². The van der Waals surface area contributed by atoms with Gasteiger partial charge in [-0.05, 0) is 29.3 Å². The second-order valence-corrected chi connectivity index (χ2v) is 7.64. The van der Waals surface area contributed by atoms with Crippen molar-refractivity contribution in [2.75, 3.05) is 5.32 Å². The fourth-order valence-corrected chi connectivity index (χ4v) is 4.84. The molecule has 1 atom stereocenters. The first-order chi connectivity index (χ1) is 13.0. The number of anilines is 1. The maximum Gasteiger partial charge on any atom is 0.346 e. The van der Waals surface area contributed by atoms with E-state index in [1.807, 2.05) is 12.1 Å². The number of hydrogen-bond acceptors (Lipinski definition) is 3. The van der Waals surface area contributed by atoms with Crippen molar-refractivity contribution >= 4 is 40.5 Å². The van der Waals surface area contributed by atoms with Crippen LogP contribution in [0.4, 0.5) is 10.1 Å². The van der Waals surface area contributed by atoms with Gasteiger partial charge in [0, 0.05) is 27.8 Å². The van der Waals surface area contributed by atoms with Gasteiger partial charge >= 0.3 is 5.97 Å². The van der Waals surface area contributed by atoms with Crippen molar-refractivity contribution in [3.63, 3.8) is 0 Å². The number of benzene rings is 2. The molecular formula is C20H13ClFNO3S. The number of carbonyl (C=O) groups excluding carboxylic acids is 1. The smallest absolute Gasteiger partial charge is 0.346 e. The summed E-state index contributed by atoms with van der Waals surface area (Å²) < 4.78 is 13.3. The van der Waals surface area contributed by atoms with Crippen LogP contribution in [0.25, 0.3) is 11.1 Å². The molecular weight excluding hydrogens is 389 g/mol. The molecule has 2 N–H and O–H groups in total. The molecule has 2 aromatic carbocycles. The monoisotopic (exact) mass is 401 g/mol. The number of thiophene rings is 1. The zero-order chi connectivity index (χ0) is 19.1. The van der Waals surface area contributed by atoms with E-state index in [0.717, 1.165) is 21.8 Å². The Bertz CT molecular complexity index is 1060. The van der Waals surface area contributed by atoms with Gasteiger partial charge in [-0.2, -0.15) is 0 Å². The molecule has 1 aliphatic heterocycles. The molecule has 136 valence electrons. The minimum absolute atomic E-state index is 0.103. The molecule has 0 aliphatic carbocycles. The quantitative estimate of drug-likeness (QED) is 0.619. The van der Waals surface area contributed by atoms with Crippen molar-refractivity contribution in [2.45, 2.75) is 12.3 Å². The topological polar surface area (TPSA) is 66.4 Å². The molecule has 1 aromatic heterocycles. The SMILES string of the molecule is O=C1C[C@@H](c2ccccc2Cl)c2sc(C(=O)O)c(-c3ccc(F)cc3)c2N1. The Kier molecular flexibility index (Phi) is 4.45. The Hall–Kier alpha value is -2.70. The van der Waals surface area contributed by atoms with E-state index in [1.54, 1.807) is 12.1 Å². The number of hydrogen-bond donors (Lipinski definition) is 2. The van der Waals surface area contributed by atoms with Crippen LogP contribution >= 0.6 is 22.9 Å². The van der Waals surface area contributed by atoms with Gasteiger partial charge in [-0.1, -0.05) is 41.9 Å². The lowest BCUT2D eigenvalue weighted by molar-refractivity contribution is -0.116. The summed E-state index contributed by atoms with van der Waals surface area (Å²) in [6, 6.07) is 12.8. The Morgan fingerprint density at radius 1 is 1.19 bits per heavy atom. The minimum Gasteiger partial charge on any atom is -0.477 e. The highest BCUT2D eigenvalue weighted by Crippen LogP contribution is 2.50. The minimum atomic E-state index is -1.10. The zero-order valence-electron chi connectivity index (χ0n) is 13.8. The van der Waals surface area contributed by atoms with Gasteiger partial charge in [-0.15, -0.1) is 11.3 Å². The Balaban J connectivity index is 1.95. The van der Waals surface area contributed by atoms with E-state index in [4.69, 9.17) is 11.6 Å². The van der Waals surface area contributed by atoms with Gasteiger partial charge in [0.2, 0.25) is 5.91 Å². The number of nitrogens with one attached hydrogen (secondary N) is 1. The van der Waals surface area contributed by atoms with E-state index in [2.05, 4.69) is 5.32 Å². The summed E-state index contributed by atoms with van der Waals surface area (Å²) in [6.45, 7) is 0. The standard InChI is InChI=1S/C20H13ClFNO3S/c21-14-4-2-1-3-12(14)13-9-15(24)23-17-16(10-5-7-11(22)8-6-10)19(20(25)26)27-18(13)17/h1-8,13H,9H2,(H,23,24)(H,25,26)/t13-/m0/s1. The Morgan fingerprint density at radius 3 is 2.56 bits per heavy atom. The molecule has 0 unspecified atom stereocenters. The molecule has 4 rings (SSSR count). The van der Waals surface area contributed by atoms with Crippen molar-refractivity contribution in [3.8, 4) is 11.1 Å². The third kappa shape index (κ3) is 3.11. The van der Waals surface area contributed by atoms with Gasteiger partial charge in [-0.25, -0.2) is 9.18 Å². The molecule has 3 aromatic rings. The Morgan fingerprint density at radius 2 is 1.89 bits per heavy atom. The highest BCUT2D eigenvalue weighted by molar-refractivity contribution is 7.15. The van der Waals surface area contributed by atoms with Crippen LogP contribution in [0.5, 0.6) is 0 Å². The van der Waals surface area contributed by atoms with Crippen LogP contribution in [0.1, 0.15) is 32.5 Å². The van der Waals surface area contributed by atoms with Gasteiger partial charge in [0.15, 0.2) is 0 Å². The van der Waals surface area contributed by atoms with E-state index >= 15 is 0 Å². The molecule has 1 aliphatic rings. The van der Waals surface area contributed by atoms with Gasteiger partial charge in [0.05, 0.1) is 5.69 Å². The molecule has 0 fully saturated rings. The Labute approximate surface area is 163 Å². The maximum absolute atomic E-state index is 13.3. The van der Waals surface area contributed by atoms with Crippen LogP contribution in [0, 0.1) is 5.82 Å². The number of carboxylic acid groups (broad SMARTS) is 1. The fourth-order valence-electron chi connectivity index (χ4n) is 3.34. The first-order valence-corrected chi connectivity index (χ1v) is 9.35. The molecule has 0 bridgehead atoms. The van der Waals surface area contributed by atoms with Gasteiger partial charge in [-0.3, -0.25) is 4.79 Å². The lowest BCUT2D eigenvalue weighted by Crippen LogP contribution is -2.22. The molecule has 2 heterocycles. The predicted octanol–water partition coefficient (Wildman–Crippen LogP) is 5.38. The molecule has 4 nitrogen and oxygen atoms in total. The molecule has 0 saturated carbocycles. The van der Waals surface area contributed by atoms with Crippen molar-refractivity contribution in [3.05, 3.63) is 74.7 Å². The van der Waals surface area contributed by atoms with Gasteiger partial charge < -0.3 is 10.4 Å². The highest BCUT2D eigenvalue weighted by atomic mass is 35.5. The predicted molar refractivity (Wildman–Crippen MR) is 103 cm³/mol. The van der Waals surface area contributed by atoms with Crippen molar-refractivity contribution < 1.29 is 19.1 Å². The average molecular weight is 402 g/mol. The summed E-state index contributed by atoms with van der Waals surface area (Å²) in [4.78, 5) is 25.1. The summed E-state index contributed by atoms with van der Waals surface area (Å²) in [5, 5.41) is 13.0. The van der Waals surface area contributed by atoms with Gasteiger partial charge in [0.25, 0.3) is 0 Å².